The van der Waals surface area contributed by atoms with E-state index in [1.54, 1.807) is 24.3 Å². The Bertz CT molecular complexity index is 742. The molecule has 0 radical (unpaired) electrons. The van der Waals surface area contributed by atoms with Gasteiger partial charge in [-0.2, -0.15) is 0 Å². The highest BCUT2D eigenvalue weighted by Crippen LogP contribution is 2.21. The molecule has 2 N–H and O–H groups in total. The van der Waals surface area contributed by atoms with E-state index >= 15 is 0 Å². The molecule has 124 valence electrons. The van der Waals surface area contributed by atoms with Gasteiger partial charge in [0.1, 0.15) is 0 Å². The summed E-state index contributed by atoms with van der Waals surface area (Å²) in [5.41, 5.74) is 1.87. The Morgan fingerprint density at radius 1 is 1.12 bits per heavy atom. The van der Waals surface area contributed by atoms with Gasteiger partial charge in [0.25, 0.3) is 5.91 Å². The second kappa shape index (κ2) is 8.89. The van der Waals surface area contributed by atoms with Gasteiger partial charge in [-0.3, -0.25) is 9.59 Å². The van der Waals surface area contributed by atoms with Crippen molar-refractivity contribution in [1.82, 2.24) is 5.32 Å². The van der Waals surface area contributed by atoms with Crippen LogP contribution in [-0.2, 0) is 4.79 Å². The van der Waals surface area contributed by atoms with Crippen LogP contribution in [0.3, 0.4) is 0 Å². The first-order valence-corrected chi connectivity index (χ1v) is 8.10. The summed E-state index contributed by atoms with van der Waals surface area (Å²) in [4.78, 5) is 23.9. The first-order chi connectivity index (χ1) is 11.6. The number of nitrogens with one attached hydrogen (secondary N) is 2. The van der Waals surface area contributed by atoms with Gasteiger partial charge >= 0.3 is 0 Å². The molecule has 0 fully saturated rings. The average molecular weight is 343 g/mol. The van der Waals surface area contributed by atoms with E-state index in [1.165, 1.54) is 6.08 Å². The van der Waals surface area contributed by atoms with Crippen molar-refractivity contribution < 1.29 is 9.59 Å². The highest BCUT2D eigenvalue weighted by atomic mass is 35.5. The number of benzene rings is 2. The van der Waals surface area contributed by atoms with Crippen molar-refractivity contribution in [1.29, 1.82) is 0 Å². The molecule has 0 saturated heterocycles. The number of anilines is 1. The van der Waals surface area contributed by atoms with Crippen molar-refractivity contribution in [2.24, 2.45) is 0 Å². The molecule has 2 aromatic carbocycles. The minimum atomic E-state index is -0.266. The maximum absolute atomic E-state index is 11.9. The fraction of sp³-hybridized carbons (Fsp3) is 0.158. The SMILES string of the molecule is CCCNC(=O)c1ccc(NC(=O)/C=C/c2ccccc2)cc1Cl. The molecule has 5 heteroatoms. The molecular formula is C19H19ClN2O2. The Balaban J connectivity index is 2.00. The van der Waals surface area contributed by atoms with E-state index in [9.17, 15) is 9.59 Å². The summed E-state index contributed by atoms with van der Waals surface area (Å²) in [5.74, 6) is -0.484. The van der Waals surface area contributed by atoms with E-state index < -0.39 is 0 Å². The Hall–Kier alpha value is -2.59. The quantitative estimate of drug-likeness (QED) is 0.775. The summed E-state index contributed by atoms with van der Waals surface area (Å²) in [6.45, 7) is 2.57. The maximum Gasteiger partial charge on any atom is 0.252 e. The molecule has 2 rings (SSSR count). The summed E-state index contributed by atoms with van der Waals surface area (Å²) in [5, 5.41) is 5.79. The van der Waals surface area contributed by atoms with Gasteiger partial charge < -0.3 is 10.6 Å². The topological polar surface area (TPSA) is 58.2 Å². The van der Waals surface area contributed by atoms with Crippen LogP contribution in [0.4, 0.5) is 5.69 Å². The van der Waals surface area contributed by atoms with Gasteiger partial charge in [-0.05, 0) is 36.3 Å². The van der Waals surface area contributed by atoms with E-state index in [0.29, 0.717) is 22.8 Å². The lowest BCUT2D eigenvalue weighted by atomic mass is 10.2. The smallest absolute Gasteiger partial charge is 0.252 e. The average Bonchev–Trinajstić information content (AvgIpc) is 2.59. The normalized spacial score (nSPS) is 10.6. The van der Waals surface area contributed by atoms with E-state index in [2.05, 4.69) is 10.6 Å². The van der Waals surface area contributed by atoms with Crippen molar-refractivity contribution >= 4 is 35.2 Å². The van der Waals surface area contributed by atoms with Crippen molar-refractivity contribution in [2.45, 2.75) is 13.3 Å². The number of carbonyl (C=O) groups excluding carboxylic acids is 2. The summed E-state index contributed by atoms with van der Waals surface area (Å²) in [7, 11) is 0. The Labute approximate surface area is 146 Å². The number of amides is 2. The molecule has 0 heterocycles. The summed E-state index contributed by atoms with van der Waals surface area (Å²) >= 11 is 6.13. The third kappa shape index (κ3) is 5.25. The number of halogens is 1. The van der Waals surface area contributed by atoms with Crippen LogP contribution in [0.15, 0.2) is 54.6 Å². The van der Waals surface area contributed by atoms with E-state index in [1.807, 2.05) is 37.3 Å². The van der Waals surface area contributed by atoms with Crippen LogP contribution in [0.1, 0.15) is 29.3 Å². The van der Waals surface area contributed by atoms with Crippen molar-refractivity contribution in [3.63, 3.8) is 0 Å². The largest absolute Gasteiger partial charge is 0.352 e. The van der Waals surface area contributed by atoms with E-state index in [4.69, 9.17) is 11.6 Å². The summed E-state index contributed by atoms with van der Waals surface area (Å²) in [6.07, 6.45) is 4.03. The molecule has 24 heavy (non-hydrogen) atoms. The molecule has 0 unspecified atom stereocenters. The maximum atomic E-state index is 11.9. The van der Waals surface area contributed by atoms with Crippen LogP contribution in [-0.4, -0.2) is 18.4 Å². The Kier molecular flexibility index (Phi) is 6.58. The molecule has 2 amide bonds. The Morgan fingerprint density at radius 2 is 1.88 bits per heavy atom. The van der Waals surface area contributed by atoms with Crippen molar-refractivity contribution in [3.8, 4) is 0 Å². The fourth-order valence-corrected chi connectivity index (χ4v) is 2.30. The van der Waals surface area contributed by atoms with Crippen LogP contribution in [0, 0.1) is 0 Å². The number of rotatable bonds is 6. The van der Waals surface area contributed by atoms with Crippen LogP contribution < -0.4 is 10.6 Å². The van der Waals surface area contributed by atoms with Gasteiger partial charge in [-0.25, -0.2) is 0 Å². The predicted octanol–water partition coefficient (Wildman–Crippen LogP) is 4.13. The zero-order chi connectivity index (χ0) is 17.4. The number of carbonyl (C=O) groups is 2. The van der Waals surface area contributed by atoms with Gasteiger partial charge in [-0.1, -0.05) is 48.9 Å². The lowest BCUT2D eigenvalue weighted by Crippen LogP contribution is -2.24. The van der Waals surface area contributed by atoms with E-state index in [0.717, 1.165) is 12.0 Å². The van der Waals surface area contributed by atoms with E-state index in [-0.39, 0.29) is 11.8 Å². The molecule has 0 aliphatic rings. The molecule has 0 saturated carbocycles. The first kappa shape index (κ1) is 17.8. The zero-order valence-electron chi connectivity index (χ0n) is 13.4. The predicted molar refractivity (Wildman–Crippen MR) is 98.2 cm³/mol. The second-order valence-corrected chi connectivity index (χ2v) is 5.59. The van der Waals surface area contributed by atoms with Crippen molar-refractivity contribution in [2.75, 3.05) is 11.9 Å². The monoisotopic (exact) mass is 342 g/mol. The zero-order valence-corrected chi connectivity index (χ0v) is 14.1. The van der Waals surface area contributed by atoms with Gasteiger partial charge in [0.15, 0.2) is 0 Å². The van der Waals surface area contributed by atoms with Crippen LogP contribution in [0.25, 0.3) is 6.08 Å². The van der Waals surface area contributed by atoms with Crippen LogP contribution >= 0.6 is 11.6 Å². The van der Waals surface area contributed by atoms with Gasteiger partial charge in [0.05, 0.1) is 10.6 Å². The van der Waals surface area contributed by atoms with Gasteiger partial charge in [-0.15, -0.1) is 0 Å². The fourth-order valence-electron chi connectivity index (χ4n) is 2.03. The molecule has 0 spiro atoms. The molecule has 0 aliphatic carbocycles. The Morgan fingerprint density at radius 3 is 2.54 bits per heavy atom. The molecule has 0 atom stereocenters. The first-order valence-electron chi connectivity index (χ1n) is 7.72. The number of hydrogen-bond acceptors (Lipinski definition) is 2. The van der Waals surface area contributed by atoms with Crippen LogP contribution in [0.2, 0.25) is 5.02 Å². The molecule has 4 nitrogen and oxygen atoms in total. The minimum absolute atomic E-state index is 0.219. The van der Waals surface area contributed by atoms with Gasteiger partial charge in [0.2, 0.25) is 5.91 Å². The van der Waals surface area contributed by atoms with Gasteiger partial charge in [0, 0.05) is 18.3 Å². The molecule has 0 bridgehead atoms. The lowest BCUT2D eigenvalue weighted by molar-refractivity contribution is -0.111. The molecule has 0 aliphatic heterocycles. The standard InChI is InChI=1S/C19H19ClN2O2/c1-2-12-21-19(24)16-10-9-15(13-17(16)20)22-18(23)11-8-14-6-4-3-5-7-14/h3-11,13H,2,12H2,1H3,(H,21,24)(H,22,23)/b11-8+. The third-order valence-electron chi connectivity index (χ3n) is 3.24. The third-order valence-corrected chi connectivity index (χ3v) is 3.56. The minimum Gasteiger partial charge on any atom is -0.352 e. The molecule has 0 aromatic heterocycles. The molecule has 2 aromatic rings. The second-order valence-electron chi connectivity index (χ2n) is 5.18. The highest BCUT2D eigenvalue weighted by molar-refractivity contribution is 6.34. The lowest BCUT2D eigenvalue weighted by Gasteiger charge is -2.08. The summed E-state index contributed by atoms with van der Waals surface area (Å²) in [6, 6.07) is 14.4. The number of hydrogen-bond donors (Lipinski definition) is 2. The van der Waals surface area contributed by atoms with Crippen molar-refractivity contribution in [3.05, 3.63) is 70.8 Å². The highest BCUT2D eigenvalue weighted by Gasteiger charge is 2.10. The van der Waals surface area contributed by atoms with Crippen LogP contribution in [0.5, 0.6) is 0 Å². The summed E-state index contributed by atoms with van der Waals surface area (Å²) < 4.78 is 0. The molecular weight excluding hydrogens is 324 g/mol.